The van der Waals surface area contributed by atoms with E-state index in [2.05, 4.69) is 33.0 Å². The maximum Gasteiger partial charge on any atom is 0.105 e. The van der Waals surface area contributed by atoms with Gasteiger partial charge in [-0.05, 0) is 31.4 Å². The summed E-state index contributed by atoms with van der Waals surface area (Å²) in [6.07, 6.45) is 2.64. The average Bonchev–Trinajstić information content (AvgIpc) is 2.63. The van der Waals surface area contributed by atoms with E-state index in [0.29, 0.717) is 0 Å². The summed E-state index contributed by atoms with van der Waals surface area (Å²) in [6, 6.07) is 3.92. The van der Waals surface area contributed by atoms with Crippen molar-refractivity contribution in [2.75, 3.05) is 13.1 Å². The molecule has 92 valence electrons. The molecular weight excluding hydrogens is 200 g/mol. The number of rotatable bonds is 6. The molecule has 1 rings (SSSR count). The van der Waals surface area contributed by atoms with Crippen LogP contribution in [-0.4, -0.2) is 18.6 Å². The second-order valence-electron chi connectivity index (χ2n) is 5.61. The number of hydrogen-bond donors (Lipinski definition) is 2. The van der Waals surface area contributed by atoms with E-state index in [1.54, 1.807) is 6.26 Å². The Bertz CT molecular complexity index is 296. The van der Waals surface area contributed by atoms with E-state index < -0.39 is 0 Å². The maximum atomic E-state index is 6.13. The monoisotopic (exact) mass is 224 g/mol. The van der Waals surface area contributed by atoms with E-state index in [4.69, 9.17) is 10.2 Å². The lowest BCUT2D eigenvalue weighted by molar-refractivity contribution is 0.195. The lowest BCUT2D eigenvalue weighted by Crippen LogP contribution is -2.52. The highest BCUT2D eigenvalue weighted by molar-refractivity contribution is 4.98. The van der Waals surface area contributed by atoms with Gasteiger partial charge in [0.05, 0.1) is 6.26 Å². The Hall–Kier alpha value is -0.800. The van der Waals surface area contributed by atoms with Crippen molar-refractivity contribution in [1.29, 1.82) is 0 Å². The van der Waals surface area contributed by atoms with Crippen LogP contribution >= 0.6 is 0 Å². The molecule has 0 unspecified atom stereocenters. The first-order chi connectivity index (χ1) is 7.33. The molecule has 3 N–H and O–H groups in total. The van der Waals surface area contributed by atoms with Crippen molar-refractivity contribution in [2.24, 2.45) is 11.1 Å². The van der Waals surface area contributed by atoms with E-state index in [-0.39, 0.29) is 11.0 Å². The number of nitrogens with two attached hydrogens (primary N) is 1. The molecule has 0 saturated heterocycles. The quantitative estimate of drug-likeness (QED) is 0.728. The van der Waals surface area contributed by atoms with Gasteiger partial charge in [-0.15, -0.1) is 0 Å². The zero-order chi connectivity index (χ0) is 12.2. The summed E-state index contributed by atoms with van der Waals surface area (Å²) >= 11 is 0. The van der Waals surface area contributed by atoms with Crippen molar-refractivity contribution < 1.29 is 4.42 Å². The summed E-state index contributed by atoms with van der Waals surface area (Å²) in [6.45, 7) is 10.4. The van der Waals surface area contributed by atoms with Crippen LogP contribution in [0.15, 0.2) is 22.8 Å². The van der Waals surface area contributed by atoms with Gasteiger partial charge in [-0.25, -0.2) is 0 Å². The molecule has 1 heterocycles. The van der Waals surface area contributed by atoms with Crippen molar-refractivity contribution in [3.8, 4) is 0 Å². The smallest absolute Gasteiger partial charge is 0.105 e. The minimum Gasteiger partial charge on any atom is -0.469 e. The van der Waals surface area contributed by atoms with Crippen LogP contribution in [0.4, 0.5) is 0 Å². The summed E-state index contributed by atoms with van der Waals surface area (Å²) in [5.41, 5.74) is 6.04. The summed E-state index contributed by atoms with van der Waals surface area (Å²) in [5.74, 6) is 1.03. The molecule has 0 bridgehead atoms. The van der Waals surface area contributed by atoms with Crippen LogP contribution < -0.4 is 11.1 Å². The molecule has 3 heteroatoms. The van der Waals surface area contributed by atoms with Gasteiger partial charge in [0.1, 0.15) is 5.76 Å². The van der Waals surface area contributed by atoms with E-state index in [1.165, 1.54) is 0 Å². The van der Waals surface area contributed by atoms with Gasteiger partial charge < -0.3 is 15.5 Å². The van der Waals surface area contributed by atoms with Crippen molar-refractivity contribution >= 4 is 0 Å². The predicted octanol–water partition coefficient (Wildman–Crippen LogP) is 2.18. The number of nitrogens with one attached hydrogen (secondary N) is 1. The summed E-state index contributed by atoms with van der Waals surface area (Å²) in [5, 5.41) is 3.43. The van der Waals surface area contributed by atoms with E-state index >= 15 is 0 Å². The molecule has 0 spiro atoms. The molecule has 0 saturated carbocycles. The van der Waals surface area contributed by atoms with Crippen LogP contribution in [0.2, 0.25) is 0 Å². The van der Waals surface area contributed by atoms with Gasteiger partial charge in [0.2, 0.25) is 0 Å². The Morgan fingerprint density at radius 3 is 2.50 bits per heavy atom. The van der Waals surface area contributed by atoms with E-state index in [0.717, 1.165) is 25.3 Å². The predicted molar refractivity (Wildman–Crippen MR) is 67.3 cm³/mol. The van der Waals surface area contributed by atoms with Crippen molar-refractivity contribution in [2.45, 2.75) is 39.7 Å². The molecule has 0 aliphatic carbocycles. The van der Waals surface area contributed by atoms with Crippen molar-refractivity contribution in [1.82, 2.24) is 5.32 Å². The molecule has 3 nitrogen and oxygen atoms in total. The lowest BCUT2D eigenvalue weighted by atomic mass is 9.75. The average molecular weight is 224 g/mol. The second-order valence-corrected chi connectivity index (χ2v) is 5.61. The first-order valence-electron chi connectivity index (χ1n) is 5.85. The Morgan fingerprint density at radius 2 is 2.00 bits per heavy atom. The first kappa shape index (κ1) is 13.3. The van der Waals surface area contributed by atoms with Crippen molar-refractivity contribution in [3.63, 3.8) is 0 Å². The molecule has 0 aliphatic rings. The van der Waals surface area contributed by atoms with Crippen LogP contribution in [0, 0.1) is 5.41 Å². The molecule has 0 fully saturated rings. The van der Waals surface area contributed by atoms with Gasteiger partial charge in [-0.3, -0.25) is 0 Å². The van der Waals surface area contributed by atoms with E-state index in [1.807, 2.05) is 12.1 Å². The normalized spacial score (nSPS) is 13.1. The standard InChI is InChI=1S/C13H24N2O/c1-12(2,13(3,4)14)10-15-8-7-11-6-5-9-16-11/h5-6,9,15H,7-8,10,14H2,1-4H3. The third kappa shape index (κ3) is 3.65. The van der Waals surface area contributed by atoms with Crippen LogP contribution in [0.25, 0.3) is 0 Å². The molecule has 0 atom stereocenters. The van der Waals surface area contributed by atoms with Gasteiger partial charge >= 0.3 is 0 Å². The maximum absolute atomic E-state index is 6.13. The largest absolute Gasteiger partial charge is 0.469 e. The molecular formula is C13H24N2O. The fraction of sp³-hybridized carbons (Fsp3) is 0.692. The molecule has 1 aromatic heterocycles. The molecule has 16 heavy (non-hydrogen) atoms. The Morgan fingerprint density at radius 1 is 1.31 bits per heavy atom. The Labute approximate surface area is 98.4 Å². The fourth-order valence-corrected chi connectivity index (χ4v) is 1.30. The van der Waals surface area contributed by atoms with Gasteiger partial charge in [0, 0.05) is 25.0 Å². The van der Waals surface area contributed by atoms with E-state index in [9.17, 15) is 0 Å². The minimum absolute atomic E-state index is 0.0795. The van der Waals surface area contributed by atoms with Gasteiger partial charge in [0.25, 0.3) is 0 Å². The molecule has 0 amide bonds. The third-order valence-electron chi connectivity index (χ3n) is 3.44. The van der Waals surface area contributed by atoms with Crippen LogP contribution in [0.5, 0.6) is 0 Å². The van der Waals surface area contributed by atoms with Gasteiger partial charge in [-0.1, -0.05) is 13.8 Å². The molecule has 0 radical (unpaired) electrons. The molecule has 1 aromatic rings. The highest BCUT2D eigenvalue weighted by Gasteiger charge is 2.32. The molecule has 0 aromatic carbocycles. The lowest BCUT2D eigenvalue weighted by Gasteiger charge is -2.38. The third-order valence-corrected chi connectivity index (χ3v) is 3.44. The summed E-state index contributed by atoms with van der Waals surface area (Å²) < 4.78 is 5.27. The SMILES string of the molecule is CC(C)(N)C(C)(C)CNCCc1ccco1. The van der Waals surface area contributed by atoms with Gasteiger partial charge in [-0.2, -0.15) is 0 Å². The first-order valence-corrected chi connectivity index (χ1v) is 5.85. The fourth-order valence-electron chi connectivity index (χ4n) is 1.30. The number of hydrogen-bond acceptors (Lipinski definition) is 3. The number of furan rings is 1. The topological polar surface area (TPSA) is 51.2 Å². The van der Waals surface area contributed by atoms with Crippen LogP contribution in [-0.2, 0) is 6.42 Å². The highest BCUT2D eigenvalue weighted by atomic mass is 16.3. The molecule has 0 aliphatic heterocycles. The van der Waals surface area contributed by atoms with Crippen LogP contribution in [0.1, 0.15) is 33.5 Å². The van der Waals surface area contributed by atoms with Gasteiger partial charge in [0.15, 0.2) is 0 Å². The second kappa shape index (κ2) is 5.02. The zero-order valence-corrected chi connectivity index (χ0v) is 10.8. The van der Waals surface area contributed by atoms with Crippen LogP contribution in [0.3, 0.4) is 0 Å². The highest BCUT2D eigenvalue weighted by Crippen LogP contribution is 2.26. The Balaban J connectivity index is 2.25. The summed E-state index contributed by atoms with van der Waals surface area (Å²) in [7, 11) is 0. The Kier molecular flexibility index (Phi) is 4.16. The summed E-state index contributed by atoms with van der Waals surface area (Å²) in [4.78, 5) is 0. The minimum atomic E-state index is -0.176. The zero-order valence-electron chi connectivity index (χ0n) is 10.8. The van der Waals surface area contributed by atoms with Crippen molar-refractivity contribution in [3.05, 3.63) is 24.2 Å².